The van der Waals surface area contributed by atoms with Crippen LogP contribution in [-0.2, 0) is 0 Å². The maximum Gasteiger partial charge on any atom is 0.292 e. The van der Waals surface area contributed by atoms with Gasteiger partial charge in [0.1, 0.15) is 5.69 Å². The Labute approximate surface area is 108 Å². The van der Waals surface area contributed by atoms with Crippen LogP contribution >= 0.6 is 15.9 Å². The Morgan fingerprint density at radius 3 is 2.76 bits per heavy atom. The molecule has 1 aliphatic rings. The number of nitrogens with zero attached hydrogens (tertiary/aromatic N) is 1. The molecule has 0 aromatic heterocycles. The highest BCUT2D eigenvalue weighted by Gasteiger charge is 2.18. The number of benzene rings is 1. The largest absolute Gasteiger partial charge is 0.377 e. The Hall–Kier alpha value is -1.14. The zero-order chi connectivity index (χ0) is 12.3. The maximum absolute atomic E-state index is 10.9. The van der Waals surface area contributed by atoms with Gasteiger partial charge in [0, 0.05) is 16.6 Å². The Balaban J connectivity index is 2.17. The van der Waals surface area contributed by atoms with Crippen molar-refractivity contribution in [2.75, 3.05) is 18.4 Å². The van der Waals surface area contributed by atoms with E-state index in [4.69, 9.17) is 0 Å². The maximum atomic E-state index is 10.9. The van der Waals surface area contributed by atoms with Gasteiger partial charge in [-0.05, 0) is 38.1 Å². The average molecular weight is 300 g/mol. The molecule has 6 heteroatoms. The van der Waals surface area contributed by atoms with Gasteiger partial charge in [-0.25, -0.2) is 0 Å². The van der Waals surface area contributed by atoms with Crippen LogP contribution in [0.25, 0.3) is 0 Å². The number of hydrogen-bond acceptors (Lipinski definition) is 4. The van der Waals surface area contributed by atoms with Crippen LogP contribution in [0.1, 0.15) is 12.8 Å². The number of nitrogens with one attached hydrogen (secondary N) is 2. The summed E-state index contributed by atoms with van der Waals surface area (Å²) in [5, 5.41) is 17.4. The highest BCUT2D eigenvalue weighted by Crippen LogP contribution is 2.29. The third kappa shape index (κ3) is 3.17. The van der Waals surface area contributed by atoms with E-state index in [0.717, 1.165) is 30.4 Å². The van der Waals surface area contributed by atoms with E-state index in [0.29, 0.717) is 11.7 Å². The third-order valence-electron chi connectivity index (χ3n) is 2.85. The van der Waals surface area contributed by atoms with Crippen molar-refractivity contribution in [2.24, 2.45) is 0 Å². The molecule has 0 spiro atoms. The van der Waals surface area contributed by atoms with Crippen LogP contribution in [0.15, 0.2) is 22.7 Å². The van der Waals surface area contributed by atoms with E-state index in [9.17, 15) is 10.1 Å². The van der Waals surface area contributed by atoms with Crippen LogP contribution in [0, 0.1) is 10.1 Å². The van der Waals surface area contributed by atoms with Gasteiger partial charge in [-0.3, -0.25) is 10.1 Å². The summed E-state index contributed by atoms with van der Waals surface area (Å²) < 4.78 is 0.847. The Morgan fingerprint density at radius 2 is 2.12 bits per heavy atom. The summed E-state index contributed by atoms with van der Waals surface area (Å²) >= 11 is 3.34. The predicted octanol–water partition coefficient (Wildman–Crippen LogP) is 2.52. The van der Waals surface area contributed by atoms with Gasteiger partial charge in [0.15, 0.2) is 0 Å². The second-order valence-electron chi connectivity index (χ2n) is 4.09. The Bertz CT molecular complexity index is 419. The minimum Gasteiger partial charge on any atom is -0.377 e. The summed E-state index contributed by atoms with van der Waals surface area (Å²) in [6, 6.07) is 5.28. The van der Waals surface area contributed by atoms with Crippen molar-refractivity contribution in [3.05, 3.63) is 32.8 Å². The number of piperidine rings is 1. The molecule has 1 heterocycles. The van der Waals surface area contributed by atoms with Crippen LogP contribution in [0.2, 0.25) is 0 Å². The lowest BCUT2D eigenvalue weighted by molar-refractivity contribution is -0.384. The summed E-state index contributed by atoms with van der Waals surface area (Å²) in [6.45, 7) is 1.92. The lowest BCUT2D eigenvalue weighted by Crippen LogP contribution is -2.35. The van der Waals surface area contributed by atoms with Crippen molar-refractivity contribution in [2.45, 2.75) is 18.9 Å². The van der Waals surface area contributed by atoms with E-state index in [1.54, 1.807) is 12.1 Å². The lowest BCUT2D eigenvalue weighted by Gasteiger charge is -2.24. The molecule has 0 radical (unpaired) electrons. The van der Waals surface area contributed by atoms with Gasteiger partial charge in [-0.2, -0.15) is 0 Å². The van der Waals surface area contributed by atoms with Gasteiger partial charge in [0.2, 0.25) is 0 Å². The minimum atomic E-state index is -0.351. The fourth-order valence-corrected chi connectivity index (χ4v) is 2.33. The quantitative estimate of drug-likeness (QED) is 0.665. The zero-order valence-corrected chi connectivity index (χ0v) is 10.9. The van der Waals surface area contributed by atoms with Crippen molar-refractivity contribution in [1.82, 2.24) is 5.32 Å². The van der Waals surface area contributed by atoms with Crippen molar-refractivity contribution in [3.8, 4) is 0 Å². The number of nitro benzene ring substituents is 1. The van der Waals surface area contributed by atoms with Crippen molar-refractivity contribution in [1.29, 1.82) is 0 Å². The van der Waals surface area contributed by atoms with Crippen LogP contribution in [-0.4, -0.2) is 24.1 Å². The van der Waals surface area contributed by atoms with E-state index >= 15 is 0 Å². The molecule has 1 aromatic rings. The molecule has 0 unspecified atom stereocenters. The lowest BCUT2D eigenvalue weighted by atomic mass is 10.1. The van der Waals surface area contributed by atoms with E-state index in [1.165, 1.54) is 6.07 Å². The zero-order valence-electron chi connectivity index (χ0n) is 9.28. The third-order valence-corrected chi connectivity index (χ3v) is 3.35. The highest BCUT2D eigenvalue weighted by molar-refractivity contribution is 9.10. The second-order valence-corrected chi connectivity index (χ2v) is 5.00. The molecule has 0 bridgehead atoms. The van der Waals surface area contributed by atoms with Gasteiger partial charge >= 0.3 is 0 Å². The fourth-order valence-electron chi connectivity index (χ4n) is 1.97. The fraction of sp³-hybridized carbons (Fsp3) is 0.455. The van der Waals surface area contributed by atoms with Gasteiger partial charge in [-0.1, -0.05) is 15.9 Å². The van der Waals surface area contributed by atoms with E-state index in [2.05, 4.69) is 26.6 Å². The van der Waals surface area contributed by atoms with Crippen molar-refractivity contribution >= 4 is 27.3 Å². The molecule has 1 aliphatic heterocycles. The number of rotatable bonds is 3. The summed E-state index contributed by atoms with van der Waals surface area (Å²) in [5.74, 6) is 0. The van der Waals surface area contributed by atoms with Crippen molar-refractivity contribution in [3.63, 3.8) is 0 Å². The average Bonchev–Trinajstić information content (AvgIpc) is 2.30. The second kappa shape index (κ2) is 5.46. The van der Waals surface area contributed by atoms with Gasteiger partial charge in [0.05, 0.1) is 4.92 Å². The topological polar surface area (TPSA) is 67.2 Å². The van der Waals surface area contributed by atoms with Crippen molar-refractivity contribution < 1.29 is 4.92 Å². The summed E-state index contributed by atoms with van der Waals surface area (Å²) in [7, 11) is 0. The number of hydrogen-bond donors (Lipinski definition) is 2. The normalized spacial score (nSPS) is 16.8. The Kier molecular flexibility index (Phi) is 3.96. The van der Waals surface area contributed by atoms with Crippen LogP contribution in [0.5, 0.6) is 0 Å². The van der Waals surface area contributed by atoms with E-state index in [-0.39, 0.29) is 10.6 Å². The Morgan fingerprint density at radius 1 is 1.41 bits per heavy atom. The SMILES string of the molecule is O=[N+]([O-])c1ccc(Br)cc1NC1CCNCC1. The van der Waals surface area contributed by atoms with Crippen LogP contribution < -0.4 is 10.6 Å². The summed E-state index contributed by atoms with van der Waals surface area (Å²) in [6.07, 6.45) is 1.98. The van der Waals surface area contributed by atoms with Gasteiger partial charge < -0.3 is 10.6 Å². The molecular formula is C11H14BrN3O2. The molecule has 0 saturated carbocycles. The first-order valence-electron chi connectivity index (χ1n) is 5.58. The first kappa shape index (κ1) is 12.3. The molecule has 5 nitrogen and oxygen atoms in total. The van der Waals surface area contributed by atoms with Crippen LogP contribution in [0.3, 0.4) is 0 Å². The molecular weight excluding hydrogens is 286 g/mol. The first-order chi connectivity index (χ1) is 8.16. The van der Waals surface area contributed by atoms with Crippen LogP contribution in [0.4, 0.5) is 11.4 Å². The minimum absolute atomic E-state index is 0.131. The van der Waals surface area contributed by atoms with Gasteiger partial charge in [-0.15, -0.1) is 0 Å². The summed E-state index contributed by atoms with van der Waals surface area (Å²) in [5.41, 5.74) is 0.725. The molecule has 1 aromatic carbocycles. The first-order valence-corrected chi connectivity index (χ1v) is 6.37. The van der Waals surface area contributed by atoms with E-state index < -0.39 is 0 Å². The molecule has 0 amide bonds. The predicted molar refractivity (Wildman–Crippen MR) is 70.3 cm³/mol. The molecule has 1 saturated heterocycles. The highest BCUT2D eigenvalue weighted by atomic mass is 79.9. The molecule has 2 N–H and O–H groups in total. The molecule has 2 rings (SSSR count). The number of anilines is 1. The number of nitro groups is 1. The number of halogens is 1. The molecule has 0 aliphatic carbocycles. The standard InChI is InChI=1S/C11H14BrN3O2/c12-8-1-2-11(15(16)17)10(7-8)14-9-3-5-13-6-4-9/h1-2,7,9,13-14H,3-6H2. The summed E-state index contributed by atoms with van der Waals surface area (Å²) in [4.78, 5) is 10.6. The molecule has 1 fully saturated rings. The van der Waals surface area contributed by atoms with Gasteiger partial charge in [0.25, 0.3) is 5.69 Å². The smallest absolute Gasteiger partial charge is 0.292 e. The molecule has 0 atom stereocenters. The monoisotopic (exact) mass is 299 g/mol. The van der Waals surface area contributed by atoms with E-state index in [1.807, 2.05) is 0 Å². The molecule has 92 valence electrons. The molecule has 17 heavy (non-hydrogen) atoms.